The third-order valence-corrected chi connectivity index (χ3v) is 6.73. The summed E-state index contributed by atoms with van der Waals surface area (Å²) in [6, 6.07) is 7.09. The Kier molecular flexibility index (Phi) is 6.48. The van der Waals surface area contributed by atoms with Crippen molar-refractivity contribution >= 4 is 6.03 Å². The summed E-state index contributed by atoms with van der Waals surface area (Å²) < 4.78 is 10.9. The Morgan fingerprint density at radius 1 is 1.10 bits per heavy atom. The van der Waals surface area contributed by atoms with Crippen molar-refractivity contribution in [1.29, 1.82) is 0 Å². The van der Waals surface area contributed by atoms with E-state index in [-0.39, 0.29) is 12.1 Å². The molecule has 0 radical (unpaired) electrons. The summed E-state index contributed by atoms with van der Waals surface area (Å²) in [4.78, 5) is 20.0. The van der Waals surface area contributed by atoms with Gasteiger partial charge in [0.2, 0.25) is 6.79 Å². The van der Waals surface area contributed by atoms with Crippen LogP contribution in [0.2, 0.25) is 0 Å². The number of hydrogen-bond donors (Lipinski definition) is 0. The first-order chi connectivity index (χ1) is 14.2. The number of urea groups is 1. The van der Waals surface area contributed by atoms with Crippen molar-refractivity contribution in [2.24, 2.45) is 0 Å². The van der Waals surface area contributed by atoms with Gasteiger partial charge < -0.3 is 24.2 Å². The number of likely N-dealkylation sites (tertiary alicyclic amines) is 2. The maximum Gasteiger partial charge on any atom is 0.320 e. The number of ether oxygens (including phenoxy) is 2. The van der Waals surface area contributed by atoms with Crippen molar-refractivity contribution in [1.82, 2.24) is 14.7 Å². The molecule has 3 aliphatic rings. The highest BCUT2D eigenvalue weighted by Gasteiger charge is 2.30. The van der Waals surface area contributed by atoms with Gasteiger partial charge in [0, 0.05) is 31.7 Å². The predicted molar refractivity (Wildman–Crippen MR) is 114 cm³/mol. The number of carbonyl (C=O) groups excluding carboxylic acids is 1. The molecule has 1 atom stereocenters. The molecule has 0 aromatic heterocycles. The van der Waals surface area contributed by atoms with Crippen LogP contribution in [-0.4, -0.2) is 72.3 Å². The second-order valence-corrected chi connectivity index (χ2v) is 8.62. The van der Waals surface area contributed by atoms with E-state index in [1.54, 1.807) is 0 Å². The Balaban J connectivity index is 1.31. The van der Waals surface area contributed by atoms with E-state index in [9.17, 15) is 4.79 Å². The van der Waals surface area contributed by atoms with Gasteiger partial charge in [0.15, 0.2) is 11.5 Å². The molecule has 1 aromatic carbocycles. The molecular weight excluding hydrogens is 366 g/mol. The molecule has 2 fully saturated rings. The molecule has 4 rings (SSSR count). The second kappa shape index (κ2) is 9.24. The third kappa shape index (κ3) is 4.63. The van der Waals surface area contributed by atoms with Gasteiger partial charge in [-0.05, 0) is 76.7 Å². The van der Waals surface area contributed by atoms with Crippen molar-refractivity contribution in [3.05, 3.63) is 23.8 Å². The molecule has 3 aliphatic heterocycles. The molecule has 0 N–H and O–H groups in total. The Morgan fingerprint density at radius 3 is 2.55 bits per heavy atom. The predicted octanol–water partition coefficient (Wildman–Crippen LogP) is 3.74. The highest BCUT2D eigenvalue weighted by molar-refractivity contribution is 5.75. The Bertz CT molecular complexity index is 697. The van der Waals surface area contributed by atoms with Crippen LogP contribution >= 0.6 is 0 Å². The average molecular weight is 402 g/mol. The fourth-order valence-corrected chi connectivity index (χ4v) is 5.04. The van der Waals surface area contributed by atoms with Gasteiger partial charge in [-0.2, -0.15) is 0 Å². The summed E-state index contributed by atoms with van der Waals surface area (Å²) in [5.41, 5.74) is 1.18. The summed E-state index contributed by atoms with van der Waals surface area (Å²) in [7, 11) is 0. The smallest absolute Gasteiger partial charge is 0.320 e. The van der Waals surface area contributed by atoms with E-state index in [1.807, 2.05) is 17.0 Å². The van der Waals surface area contributed by atoms with Gasteiger partial charge in [-0.1, -0.05) is 12.5 Å². The average Bonchev–Trinajstić information content (AvgIpc) is 3.23. The van der Waals surface area contributed by atoms with E-state index in [2.05, 4.69) is 29.7 Å². The fraction of sp³-hybridized carbons (Fsp3) is 0.696. The monoisotopic (exact) mass is 401 g/mol. The quantitative estimate of drug-likeness (QED) is 0.754. The van der Waals surface area contributed by atoms with Crippen LogP contribution in [0.3, 0.4) is 0 Å². The molecule has 6 heteroatoms. The molecule has 0 bridgehead atoms. The summed E-state index contributed by atoms with van der Waals surface area (Å²) in [5.74, 6) is 1.62. The second-order valence-electron chi connectivity index (χ2n) is 8.62. The summed E-state index contributed by atoms with van der Waals surface area (Å²) in [6.45, 7) is 9.50. The summed E-state index contributed by atoms with van der Waals surface area (Å²) >= 11 is 0. The zero-order valence-corrected chi connectivity index (χ0v) is 17.9. The number of nitrogens with zero attached hydrogens (tertiary/aromatic N) is 3. The highest BCUT2D eigenvalue weighted by atomic mass is 16.7. The number of fused-ring (bicyclic) bond motifs is 1. The summed E-state index contributed by atoms with van der Waals surface area (Å²) in [6.07, 6.45) is 7.08. The van der Waals surface area contributed by atoms with Gasteiger partial charge in [-0.15, -0.1) is 0 Å². The van der Waals surface area contributed by atoms with Gasteiger partial charge in [-0.3, -0.25) is 0 Å². The molecular formula is C23H35N3O3. The fourth-order valence-electron chi connectivity index (χ4n) is 5.04. The number of amides is 2. The maximum atomic E-state index is 13.2. The van der Waals surface area contributed by atoms with Crippen molar-refractivity contribution in [3.8, 4) is 11.5 Å². The van der Waals surface area contributed by atoms with Crippen molar-refractivity contribution in [3.63, 3.8) is 0 Å². The normalized spacial score (nSPS) is 21.2. The zero-order chi connectivity index (χ0) is 20.2. The topological polar surface area (TPSA) is 45.3 Å². The van der Waals surface area contributed by atoms with Gasteiger partial charge in [0.05, 0.1) is 0 Å². The number of hydrogen-bond acceptors (Lipinski definition) is 4. The van der Waals surface area contributed by atoms with Crippen molar-refractivity contribution in [2.75, 3.05) is 39.5 Å². The molecule has 0 spiro atoms. The van der Waals surface area contributed by atoms with Crippen molar-refractivity contribution in [2.45, 2.75) is 64.5 Å². The van der Waals surface area contributed by atoms with Gasteiger partial charge in [-0.25, -0.2) is 4.79 Å². The SMILES string of the molecule is CCN(C(=O)N1CCC(N2CCCCC2)CC1)[C@@H](C)Cc1ccc2c(c1)OCO2. The Morgan fingerprint density at radius 2 is 1.83 bits per heavy atom. The first kappa shape index (κ1) is 20.3. The van der Waals surface area contributed by atoms with Gasteiger partial charge >= 0.3 is 6.03 Å². The first-order valence-electron chi connectivity index (χ1n) is 11.3. The minimum absolute atomic E-state index is 0.146. The van der Waals surface area contributed by atoms with Gasteiger partial charge in [0.1, 0.15) is 0 Å². The Labute approximate surface area is 174 Å². The highest BCUT2D eigenvalue weighted by Crippen LogP contribution is 2.33. The molecule has 1 aromatic rings. The largest absolute Gasteiger partial charge is 0.454 e. The van der Waals surface area contributed by atoms with Crippen LogP contribution in [0.4, 0.5) is 4.79 Å². The third-order valence-electron chi connectivity index (χ3n) is 6.73. The minimum atomic E-state index is 0.146. The molecule has 3 heterocycles. The van der Waals surface area contributed by atoms with Gasteiger partial charge in [0.25, 0.3) is 0 Å². The number of benzene rings is 1. The van der Waals surface area contributed by atoms with Crippen LogP contribution in [0.15, 0.2) is 18.2 Å². The number of likely N-dealkylation sites (N-methyl/N-ethyl adjacent to an activating group) is 1. The molecule has 0 saturated carbocycles. The molecule has 2 amide bonds. The zero-order valence-electron chi connectivity index (χ0n) is 17.9. The minimum Gasteiger partial charge on any atom is -0.454 e. The lowest BCUT2D eigenvalue weighted by atomic mass is 10.00. The van der Waals surface area contributed by atoms with Crippen LogP contribution in [0.5, 0.6) is 11.5 Å². The molecule has 0 aliphatic carbocycles. The molecule has 6 nitrogen and oxygen atoms in total. The lowest BCUT2D eigenvalue weighted by Crippen LogP contribution is -2.53. The maximum absolute atomic E-state index is 13.2. The first-order valence-corrected chi connectivity index (χ1v) is 11.3. The van der Waals surface area contributed by atoms with E-state index in [4.69, 9.17) is 9.47 Å². The van der Waals surface area contributed by atoms with E-state index in [0.29, 0.717) is 12.8 Å². The van der Waals surface area contributed by atoms with E-state index >= 15 is 0 Å². The number of carbonyl (C=O) groups is 1. The Hall–Kier alpha value is -1.95. The lowest BCUT2D eigenvalue weighted by molar-refractivity contribution is 0.0849. The van der Waals surface area contributed by atoms with Crippen LogP contribution in [-0.2, 0) is 6.42 Å². The van der Waals surface area contributed by atoms with Crippen LogP contribution in [0.25, 0.3) is 0 Å². The lowest BCUT2D eigenvalue weighted by Gasteiger charge is -2.42. The molecule has 0 unspecified atom stereocenters. The van der Waals surface area contributed by atoms with E-state index in [0.717, 1.165) is 50.4 Å². The summed E-state index contributed by atoms with van der Waals surface area (Å²) in [5, 5.41) is 0. The molecule has 160 valence electrons. The molecule has 2 saturated heterocycles. The van der Waals surface area contributed by atoms with Crippen LogP contribution in [0.1, 0.15) is 51.5 Å². The van der Waals surface area contributed by atoms with Crippen molar-refractivity contribution < 1.29 is 14.3 Å². The molecule has 29 heavy (non-hydrogen) atoms. The van der Waals surface area contributed by atoms with Crippen LogP contribution in [0, 0.1) is 0 Å². The standard InChI is InChI=1S/C23H35N3O3/c1-3-26(18(2)15-19-7-8-21-22(16-19)29-17-28-21)23(27)25-13-9-20(10-14-25)24-11-5-4-6-12-24/h7-8,16,18,20H,3-6,9-15,17H2,1-2H3/t18-/m0/s1. The van der Waals surface area contributed by atoms with E-state index < -0.39 is 0 Å². The van der Waals surface area contributed by atoms with E-state index in [1.165, 1.54) is 37.9 Å². The number of rotatable bonds is 5. The number of piperidine rings is 2. The van der Waals surface area contributed by atoms with Crippen LogP contribution < -0.4 is 9.47 Å².